The van der Waals surface area contributed by atoms with Crippen molar-refractivity contribution in [3.05, 3.63) is 0 Å². The van der Waals surface area contributed by atoms with Crippen LogP contribution in [0.15, 0.2) is 0 Å². The summed E-state index contributed by atoms with van der Waals surface area (Å²) >= 11 is 0. The average Bonchev–Trinajstić information content (AvgIpc) is 0.762. The van der Waals surface area contributed by atoms with Gasteiger partial charge in [-0.25, -0.2) is 0 Å². The molecule has 0 aromatic rings. The molecule has 9 rings (SSSR count). The van der Waals surface area contributed by atoms with Crippen LogP contribution < -0.4 is 10.6 Å². The molecule has 9 saturated heterocycles. The zero-order valence-corrected chi connectivity index (χ0v) is 55.9. The lowest BCUT2D eigenvalue weighted by atomic mass is 9.93. The van der Waals surface area contributed by atoms with Gasteiger partial charge in [-0.2, -0.15) is 0 Å². The topological polar surface area (TPSA) is 721 Å². The van der Waals surface area contributed by atoms with E-state index in [-0.39, 0.29) is 0 Å². The Morgan fingerprint density at radius 1 is 0.250 bits per heavy atom. The fourth-order valence-electron chi connectivity index (χ4n) is 13.6. The maximum Gasteiger partial charge on any atom is 0.217 e. The molecule has 1 unspecified atom stereocenters. The van der Waals surface area contributed by atoms with E-state index in [4.69, 9.17) is 80.5 Å². The SMILES string of the molecule is CC(=O)N[C@H]1[C@H](O[C@H]2[C@@H](O)[C@@H](CO)O[C@@H](O[C@H]3[C@H](O)[C@@H](O)C(O)O[C@@H]3CO)[C@@H]2O)O[C@H](CO)[C@@H](O[C@@H]2O[C@H](CO)[C@H](O)[C@H](O[C@@H]3O[C@H](CO)[C@@H](O[C@@H]4O[C@H](CO)[C@H](O)[C@H](O[C@H]5O[C@H](CO)[C@H](O)[C@H](O)[C@H]5O)[C@H]4O)[C@H](O[C@@H]4O[C@@H](C)[C@@H](O)[C@@H](O)[C@@H]4O)[C@H]3NC(C)=O)[C@H]2O)[C@@H]1O[C@@H]1O[C@@H](C)[C@@H](O)[C@@H](O)[C@@H]1O. The normalized spacial score (nSPS) is 51.9. The van der Waals surface area contributed by atoms with E-state index in [0.717, 1.165) is 13.8 Å². The lowest BCUT2D eigenvalue weighted by Gasteiger charge is -2.53. The molecule has 104 heavy (non-hydrogen) atoms. The molecular formula is C58H98N2O44. The summed E-state index contributed by atoms with van der Waals surface area (Å²) in [7, 11) is 0. The second-order valence-corrected chi connectivity index (χ2v) is 26.6. The smallest absolute Gasteiger partial charge is 0.217 e. The Morgan fingerprint density at radius 2 is 0.500 bits per heavy atom. The molecule has 0 aromatic carbocycles. The Labute approximate surface area is 589 Å². The van der Waals surface area contributed by atoms with E-state index in [2.05, 4.69) is 10.6 Å². The van der Waals surface area contributed by atoms with Crippen LogP contribution in [0.5, 0.6) is 0 Å². The first-order chi connectivity index (χ1) is 49.2. The van der Waals surface area contributed by atoms with Crippen molar-refractivity contribution in [2.24, 2.45) is 0 Å². The molecule has 0 aliphatic carbocycles. The zero-order chi connectivity index (χ0) is 76.5. The van der Waals surface area contributed by atoms with Crippen molar-refractivity contribution in [2.75, 3.05) is 46.2 Å². The first kappa shape index (κ1) is 85.3. The van der Waals surface area contributed by atoms with Gasteiger partial charge in [-0.3, -0.25) is 9.59 Å². The van der Waals surface area contributed by atoms with Gasteiger partial charge in [0.1, 0.15) is 207 Å². The van der Waals surface area contributed by atoms with Gasteiger partial charge in [0, 0.05) is 13.8 Å². The number of amides is 2. The first-order valence-corrected chi connectivity index (χ1v) is 33.4. The molecule has 604 valence electrons. The standard InChI is InChI=1S/C58H98N2O44/c1-12-25(70)31(76)36(81)53(88-12)100-45-23(59-14(3)68)51(102-47-28(73)17(6-62)92-56(39(47)84)97-42-20(9-65)90-50(87)35(80)34(42)79)95-21(10-66)43(45)98-57-40(85)48(29(74)18(7-63)93-57)103-52-24(60-15(4)69)46(101-54-37(82)32(77)26(71)13(2)89-54)44(22(11-67)96-52)99-58-41(86)49(30(75)19(8-64)94-58)104-55-38(83)33(78)27(72)16(5-61)91-55/h12-13,16-58,61-67,70-87H,5-11H2,1-4H3,(H,59,68)(H,60,69)/t12-,13-,16+,17+,18+,19+,20+,21+,22+,23+,24+,25+,26+,27-,28-,29-,30-,31+,32+,33-,34+,35+,36-,37-,38+,39+,40+,41+,42+,43+,44+,45+,46+,47-,48-,49-,50?,51-,52-,53-,54-,55+,56-,57-,58-/m0/s1. The highest BCUT2D eigenvalue weighted by molar-refractivity contribution is 5.73. The van der Waals surface area contributed by atoms with Crippen molar-refractivity contribution in [3.8, 4) is 0 Å². The number of rotatable bonds is 25. The van der Waals surface area contributed by atoms with E-state index in [1.807, 2.05) is 0 Å². The average molecular weight is 1530 g/mol. The van der Waals surface area contributed by atoms with Crippen molar-refractivity contribution in [1.82, 2.24) is 10.6 Å². The largest absolute Gasteiger partial charge is 0.394 e. The number of aliphatic hydroxyl groups is 25. The molecule has 0 aromatic heterocycles. The highest BCUT2D eigenvalue weighted by Crippen LogP contribution is 2.41. The number of nitrogens with one attached hydrogen (secondary N) is 2. The predicted octanol–water partition coefficient (Wildman–Crippen LogP) is -18.3. The summed E-state index contributed by atoms with van der Waals surface area (Å²) in [6.07, 6.45) is -87.6. The Bertz CT molecular complexity index is 2680. The maximum atomic E-state index is 13.5. The van der Waals surface area contributed by atoms with Gasteiger partial charge in [0.2, 0.25) is 11.8 Å². The summed E-state index contributed by atoms with van der Waals surface area (Å²) < 4.78 is 101. The molecule has 46 nitrogen and oxygen atoms in total. The van der Waals surface area contributed by atoms with Gasteiger partial charge >= 0.3 is 0 Å². The third-order valence-electron chi connectivity index (χ3n) is 19.5. The summed E-state index contributed by atoms with van der Waals surface area (Å²) in [5.74, 6) is -1.99. The summed E-state index contributed by atoms with van der Waals surface area (Å²) in [5.41, 5.74) is 0. The second-order valence-electron chi connectivity index (χ2n) is 26.6. The highest BCUT2D eigenvalue weighted by Gasteiger charge is 2.62. The van der Waals surface area contributed by atoms with Gasteiger partial charge < -0.3 is 219 Å². The van der Waals surface area contributed by atoms with Gasteiger partial charge in [0.25, 0.3) is 0 Å². The number of carbonyl (C=O) groups is 2. The van der Waals surface area contributed by atoms with E-state index >= 15 is 0 Å². The summed E-state index contributed by atoms with van der Waals surface area (Å²) in [6, 6.07) is -4.03. The molecule has 9 heterocycles. The van der Waals surface area contributed by atoms with E-state index in [0.29, 0.717) is 0 Å². The summed E-state index contributed by atoms with van der Waals surface area (Å²) in [4.78, 5) is 26.9. The summed E-state index contributed by atoms with van der Waals surface area (Å²) in [5, 5.41) is 280. The number of aliphatic hydroxyl groups excluding tert-OH is 25. The Morgan fingerprint density at radius 3 is 0.827 bits per heavy atom. The number of carbonyl (C=O) groups excluding carboxylic acids is 2. The first-order valence-electron chi connectivity index (χ1n) is 33.4. The highest BCUT2D eigenvalue weighted by atomic mass is 16.8. The van der Waals surface area contributed by atoms with Crippen LogP contribution in [0, 0.1) is 0 Å². The fourth-order valence-corrected chi connectivity index (χ4v) is 13.6. The van der Waals surface area contributed by atoms with Crippen molar-refractivity contribution in [3.63, 3.8) is 0 Å². The van der Waals surface area contributed by atoms with Crippen LogP contribution in [0.25, 0.3) is 0 Å². The Kier molecular flexibility index (Phi) is 30.0. The number of hydrogen-bond donors (Lipinski definition) is 27. The quantitative estimate of drug-likeness (QED) is 0.0404. The zero-order valence-electron chi connectivity index (χ0n) is 55.9. The van der Waals surface area contributed by atoms with Crippen LogP contribution in [0.3, 0.4) is 0 Å². The molecule has 46 heteroatoms. The third kappa shape index (κ3) is 17.9. The molecule has 9 fully saturated rings. The van der Waals surface area contributed by atoms with Crippen LogP contribution in [-0.2, 0) is 90.1 Å². The molecule has 0 spiro atoms. The minimum Gasteiger partial charge on any atom is -0.394 e. The van der Waals surface area contributed by atoms with Crippen molar-refractivity contribution < 1.29 is 218 Å². The predicted molar refractivity (Wildman–Crippen MR) is 317 cm³/mol. The van der Waals surface area contributed by atoms with E-state index in [9.17, 15) is 137 Å². The van der Waals surface area contributed by atoms with E-state index in [1.54, 1.807) is 0 Å². The molecule has 0 saturated carbocycles. The molecule has 45 atom stereocenters. The molecule has 9 aliphatic heterocycles. The molecule has 0 radical (unpaired) electrons. The van der Waals surface area contributed by atoms with Crippen molar-refractivity contribution >= 4 is 11.8 Å². The minimum atomic E-state index is -2.49. The summed E-state index contributed by atoms with van der Waals surface area (Å²) in [6.45, 7) is -3.45. The van der Waals surface area contributed by atoms with Gasteiger partial charge in [-0.15, -0.1) is 0 Å². The van der Waals surface area contributed by atoms with E-state index in [1.165, 1.54) is 13.8 Å². The van der Waals surface area contributed by atoms with Gasteiger partial charge in [0.15, 0.2) is 56.6 Å². The van der Waals surface area contributed by atoms with Crippen LogP contribution in [-0.4, -0.2) is 462 Å². The minimum absolute atomic E-state index is 0.925. The fraction of sp³-hybridized carbons (Fsp3) is 0.966. The second kappa shape index (κ2) is 36.6. The molecule has 27 N–H and O–H groups in total. The van der Waals surface area contributed by atoms with Crippen LogP contribution in [0.1, 0.15) is 27.7 Å². The van der Waals surface area contributed by atoms with E-state index < -0.39 is 334 Å². The van der Waals surface area contributed by atoms with Crippen LogP contribution in [0.2, 0.25) is 0 Å². The molecule has 0 bridgehead atoms. The lowest BCUT2D eigenvalue weighted by molar-refractivity contribution is -0.402. The van der Waals surface area contributed by atoms with Gasteiger partial charge in [-0.05, 0) is 13.8 Å². The van der Waals surface area contributed by atoms with Gasteiger partial charge in [-0.1, -0.05) is 0 Å². The third-order valence-corrected chi connectivity index (χ3v) is 19.5. The Balaban J connectivity index is 1.05. The van der Waals surface area contributed by atoms with Crippen molar-refractivity contribution in [1.29, 1.82) is 0 Å². The number of hydrogen-bond acceptors (Lipinski definition) is 44. The Hall–Kier alpha value is -2.74. The molecular weight excluding hydrogens is 1430 g/mol. The van der Waals surface area contributed by atoms with Crippen LogP contribution in [0.4, 0.5) is 0 Å². The van der Waals surface area contributed by atoms with Crippen molar-refractivity contribution in [2.45, 2.75) is 304 Å². The monoisotopic (exact) mass is 1530 g/mol. The molecule has 2 amide bonds. The number of ether oxygens (including phenoxy) is 17. The molecule has 9 aliphatic rings. The van der Waals surface area contributed by atoms with Gasteiger partial charge in [0.05, 0.1) is 58.5 Å². The lowest BCUT2D eigenvalue weighted by Crippen LogP contribution is -2.72. The maximum absolute atomic E-state index is 13.5. The van der Waals surface area contributed by atoms with Crippen LogP contribution >= 0.6 is 0 Å².